The molecule has 2 amide bonds. The fourth-order valence-electron chi connectivity index (χ4n) is 2.95. The highest BCUT2D eigenvalue weighted by Gasteiger charge is 2.26. The van der Waals surface area contributed by atoms with Gasteiger partial charge in [-0.25, -0.2) is 0 Å². The summed E-state index contributed by atoms with van der Waals surface area (Å²) in [7, 11) is 1.80. The lowest BCUT2D eigenvalue weighted by atomic mass is 10.1. The number of hydrogen-bond donors (Lipinski definition) is 0. The van der Waals surface area contributed by atoms with Gasteiger partial charge in [-0.1, -0.05) is 42.5 Å². The Morgan fingerprint density at radius 3 is 2.60 bits per heavy atom. The number of para-hydroxylation sites is 2. The standard InChI is InChI=1S/C20H22N2O3/c1-15(16-8-4-3-5-9-16)21(2)19(23)12-13-22-17-10-6-7-11-18(17)25-14-20(22)24/h3-11,15H,12-14H2,1-2H3. The molecule has 3 rings (SSSR count). The number of fused-ring (bicyclic) bond motifs is 1. The van der Waals surface area contributed by atoms with Gasteiger partial charge in [0.2, 0.25) is 5.91 Å². The van der Waals surface area contributed by atoms with Crippen molar-refractivity contribution in [3.8, 4) is 5.75 Å². The maximum atomic E-state index is 12.6. The predicted octanol–water partition coefficient (Wildman–Crippen LogP) is 3.02. The summed E-state index contributed by atoms with van der Waals surface area (Å²) >= 11 is 0. The first-order valence-corrected chi connectivity index (χ1v) is 8.40. The molecule has 1 aliphatic rings. The molecule has 1 unspecified atom stereocenters. The average molecular weight is 338 g/mol. The SMILES string of the molecule is CC(c1ccccc1)N(C)C(=O)CCN1C(=O)COc2ccccc21. The van der Waals surface area contributed by atoms with Gasteiger partial charge in [-0.3, -0.25) is 9.59 Å². The lowest BCUT2D eigenvalue weighted by Crippen LogP contribution is -2.41. The maximum absolute atomic E-state index is 12.6. The summed E-state index contributed by atoms with van der Waals surface area (Å²) in [6, 6.07) is 17.3. The quantitative estimate of drug-likeness (QED) is 0.842. The van der Waals surface area contributed by atoms with Crippen molar-refractivity contribution in [3.05, 3.63) is 60.2 Å². The topological polar surface area (TPSA) is 49.9 Å². The Balaban J connectivity index is 1.65. The number of rotatable bonds is 5. The summed E-state index contributed by atoms with van der Waals surface area (Å²) < 4.78 is 5.43. The Labute approximate surface area is 147 Å². The zero-order chi connectivity index (χ0) is 17.8. The average Bonchev–Trinajstić information content (AvgIpc) is 2.66. The van der Waals surface area contributed by atoms with Gasteiger partial charge in [0.25, 0.3) is 5.91 Å². The van der Waals surface area contributed by atoms with E-state index in [1.165, 1.54) is 0 Å². The molecule has 1 heterocycles. The lowest BCUT2D eigenvalue weighted by Gasteiger charge is -2.30. The number of benzene rings is 2. The van der Waals surface area contributed by atoms with Crippen LogP contribution >= 0.6 is 0 Å². The van der Waals surface area contributed by atoms with Crippen LogP contribution in [0.15, 0.2) is 54.6 Å². The third-order valence-corrected chi connectivity index (χ3v) is 4.61. The van der Waals surface area contributed by atoms with E-state index < -0.39 is 0 Å². The molecule has 5 heteroatoms. The van der Waals surface area contributed by atoms with Gasteiger partial charge in [0, 0.05) is 20.0 Å². The van der Waals surface area contributed by atoms with Crippen molar-refractivity contribution in [1.29, 1.82) is 0 Å². The third kappa shape index (κ3) is 3.65. The van der Waals surface area contributed by atoms with Crippen molar-refractivity contribution in [1.82, 2.24) is 4.90 Å². The second kappa shape index (κ2) is 7.38. The molecule has 1 atom stereocenters. The zero-order valence-corrected chi connectivity index (χ0v) is 14.5. The number of nitrogens with zero attached hydrogens (tertiary/aromatic N) is 2. The number of ether oxygens (including phenoxy) is 1. The van der Waals surface area contributed by atoms with E-state index in [1.54, 1.807) is 16.8 Å². The fraction of sp³-hybridized carbons (Fsp3) is 0.300. The minimum Gasteiger partial charge on any atom is -0.482 e. The summed E-state index contributed by atoms with van der Waals surface area (Å²) in [6.45, 7) is 2.37. The zero-order valence-electron chi connectivity index (χ0n) is 14.5. The van der Waals surface area contributed by atoms with Crippen LogP contribution in [-0.4, -0.2) is 36.9 Å². The van der Waals surface area contributed by atoms with Gasteiger partial charge in [-0.15, -0.1) is 0 Å². The van der Waals surface area contributed by atoms with E-state index >= 15 is 0 Å². The van der Waals surface area contributed by atoms with Gasteiger partial charge in [-0.2, -0.15) is 0 Å². The molecule has 0 N–H and O–H groups in total. The molecule has 0 spiro atoms. The van der Waals surface area contributed by atoms with E-state index in [4.69, 9.17) is 4.74 Å². The molecule has 1 aliphatic heterocycles. The van der Waals surface area contributed by atoms with Crippen LogP contribution in [0, 0.1) is 0 Å². The van der Waals surface area contributed by atoms with Crippen molar-refractivity contribution in [3.63, 3.8) is 0 Å². The van der Waals surface area contributed by atoms with Crippen molar-refractivity contribution in [2.45, 2.75) is 19.4 Å². The minimum atomic E-state index is -0.120. The first kappa shape index (κ1) is 17.0. The van der Waals surface area contributed by atoms with Crippen LogP contribution in [0.25, 0.3) is 0 Å². The normalized spacial score (nSPS) is 14.5. The highest BCUT2D eigenvalue weighted by atomic mass is 16.5. The Bertz CT molecular complexity index is 761. The summed E-state index contributed by atoms with van der Waals surface area (Å²) in [4.78, 5) is 28.1. The van der Waals surface area contributed by atoms with Crippen LogP contribution < -0.4 is 9.64 Å². The molecule has 0 saturated heterocycles. The third-order valence-electron chi connectivity index (χ3n) is 4.61. The Morgan fingerprint density at radius 2 is 1.84 bits per heavy atom. The van der Waals surface area contributed by atoms with Gasteiger partial charge in [0.15, 0.2) is 6.61 Å². The van der Waals surface area contributed by atoms with Crippen LogP contribution in [0.2, 0.25) is 0 Å². The summed E-state index contributed by atoms with van der Waals surface area (Å²) in [5, 5.41) is 0. The summed E-state index contributed by atoms with van der Waals surface area (Å²) in [5.41, 5.74) is 1.82. The first-order valence-electron chi connectivity index (χ1n) is 8.40. The summed E-state index contributed by atoms with van der Waals surface area (Å²) in [6.07, 6.45) is 0.272. The second-order valence-corrected chi connectivity index (χ2v) is 6.14. The minimum absolute atomic E-state index is 0.00752. The van der Waals surface area contributed by atoms with E-state index in [0.29, 0.717) is 12.3 Å². The van der Waals surface area contributed by atoms with Crippen molar-refractivity contribution < 1.29 is 14.3 Å². The van der Waals surface area contributed by atoms with E-state index in [-0.39, 0.29) is 30.9 Å². The molecular weight excluding hydrogens is 316 g/mol. The molecule has 5 nitrogen and oxygen atoms in total. The van der Waals surface area contributed by atoms with Gasteiger partial charge in [0.05, 0.1) is 11.7 Å². The molecular formula is C20H22N2O3. The maximum Gasteiger partial charge on any atom is 0.265 e. The van der Waals surface area contributed by atoms with E-state index in [2.05, 4.69) is 0 Å². The van der Waals surface area contributed by atoms with Crippen molar-refractivity contribution >= 4 is 17.5 Å². The number of anilines is 1. The van der Waals surface area contributed by atoms with Gasteiger partial charge in [0.1, 0.15) is 5.75 Å². The number of hydrogen-bond acceptors (Lipinski definition) is 3. The number of amides is 2. The highest BCUT2D eigenvalue weighted by molar-refractivity contribution is 5.98. The largest absolute Gasteiger partial charge is 0.482 e. The Kier molecular flexibility index (Phi) is 5.03. The van der Waals surface area contributed by atoms with E-state index in [1.807, 2.05) is 61.5 Å². The fourth-order valence-corrected chi connectivity index (χ4v) is 2.95. The van der Waals surface area contributed by atoms with E-state index in [0.717, 1.165) is 11.3 Å². The lowest BCUT2D eigenvalue weighted by molar-refractivity contribution is -0.131. The molecule has 0 aliphatic carbocycles. The number of carbonyl (C=O) groups excluding carboxylic acids is 2. The molecule has 0 bridgehead atoms. The monoisotopic (exact) mass is 338 g/mol. The number of carbonyl (C=O) groups is 2. The van der Waals surface area contributed by atoms with Crippen LogP contribution in [0.1, 0.15) is 24.9 Å². The molecule has 0 fully saturated rings. The highest BCUT2D eigenvalue weighted by Crippen LogP contribution is 2.31. The molecule has 2 aromatic carbocycles. The first-order chi connectivity index (χ1) is 12.1. The van der Waals surface area contributed by atoms with Gasteiger partial charge >= 0.3 is 0 Å². The Hall–Kier alpha value is -2.82. The summed E-state index contributed by atoms with van der Waals surface area (Å²) in [5.74, 6) is 0.568. The van der Waals surface area contributed by atoms with Gasteiger partial charge < -0.3 is 14.5 Å². The molecule has 25 heavy (non-hydrogen) atoms. The van der Waals surface area contributed by atoms with Crippen molar-refractivity contribution in [2.75, 3.05) is 25.1 Å². The smallest absolute Gasteiger partial charge is 0.265 e. The van der Waals surface area contributed by atoms with E-state index in [9.17, 15) is 9.59 Å². The molecule has 130 valence electrons. The molecule has 2 aromatic rings. The van der Waals surface area contributed by atoms with Crippen LogP contribution in [0.4, 0.5) is 5.69 Å². The van der Waals surface area contributed by atoms with Crippen LogP contribution in [-0.2, 0) is 9.59 Å². The predicted molar refractivity (Wildman–Crippen MR) is 96.5 cm³/mol. The van der Waals surface area contributed by atoms with Gasteiger partial charge in [-0.05, 0) is 24.6 Å². The van der Waals surface area contributed by atoms with Crippen molar-refractivity contribution in [2.24, 2.45) is 0 Å². The molecule has 0 radical (unpaired) electrons. The van der Waals surface area contributed by atoms with Crippen LogP contribution in [0.5, 0.6) is 5.75 Å². The Morgan fingerprint density at radius 1 is 1.16 bits per heavy atom. The van der Waals surface area contributed by atoms with Crippen LogP contribution in [0.3, 0.4) is 0 Å². The molecule has 0 saturated carbocycles. The molecule has 0 aromatic heterocycles. The second-order valence-electron chi connectivity index (χ2n) is 6.14.